The molecule has 0 N–H and O–H groups in total. The predicted molar refractivity (Wildman–Crippen MR) is 114 cm³/mol. The molecule has 5 rings (SSSR count). The summed E-state index contributed by atoms with van der Waals surface area (Å²) in [5.41, 5.74) is 3.31. The van der Waals surface area contributed by atoms with Crippen molar-refractivity contribution in [3.8, 4) is 17.1 Å². The van der Waals surface area contributed by atoms with Crippen LogP contribution in [0.4, 0.5) is 4.39 Å². The van der Waals surface area contributed by atoms with Gasteiger partial charge in [-0.25, -0.2) is 14.4 Å². The van der Waals surface area contributed by atoms with Crippen molar-refractivity contribution in [3.63, 3.8) is 0 Å². The third-order valence-corrected chi connectivity index (χ3v) is 5.64. The zero-order valence-corrected chi connectivity index (χ0v) is 16.9. The molecule has 0 spiro atoms. The highest BCUT2D eigenvalue weighted by Gasteiger charge is 2.19. The number of halogens is 1. The van der Waals surface area contributed by atoms with E-state index in [9.17, 15) is 4.39 Å². The molecule has 8 heteroatoms. The summed E-state index contributed by atoms with van der Waals surface area (Å²) in [6, 6.07) is 16.5. The van der Waals surface area contributed by atoms with Gasteiger partial charge < -0.3 is 0 Å². The molecular formula is C22H17FN6S. The lowest BCUT2D eigenvalue weighted by molar-refractivity contribution is 0.629. The van der Waals surface area contributed by atoms with Crippen LogP contribution in [0.15, 0.2) is 78.3 Å². The van der Waals surface area contributed by atoms with Crippen LogP contribution in [0.5, 0.6) is 0 Å². The van der Waals surface area contributed by atoms with E-state index in [1.54, 1.807) is 24.4 Å². The molecule has 0 saturated heterocycles. The molecule has 0 saturated carbocycles. The number of fused-ring (bicyclic) bond motifs is 1. The molecule has 148 valence electrons. The average Bonchev–Trinajstić information content (AvgIpc) is 3.37. The maximum absolute atomic E-state index is 14.5. The monoisotopic (exact) mass is 416 g/mol. The molecule has 2 aromatic carbocycles. The third kappa shape index (κ3) is 3.46. The van der Waals surface area contributed by atoms with Gasteiger partial charge in [0.05, 0.1) is 11.3 Å². The Labute approximate surface area is 176 Å². The third-order valence-electron chi connectivity index (χ3n) is 4.67. The van der Waals surface area contributed by atoms with Gasteiger partial charge in [-0.05, 0) is 37.3 Å². The quantitative estimate of drug-likeness (QED) is 0.388. The zero-order chi connectivity index (χ0) is 20.5. The predicted octanol–water partition coefficient (Wildman–Crippen LogP) is 4.72. The van der Waals surface area contributed by atoms with Gasteiger partial charge in [0.2, 0.25) is 5.78 Å². The second-order valence-corrected chi connectivity index (χ2v) is 7.75. The number of benzene rings is 2. The van der Waals surface area contributed by atoms with Crippen molar-refractivity contribution >= 4 is 17.5 Å². The van der Waals surface area contributed by atoms with Gasteiger partial charge in [-0.3, -0.25) is 8.97 Å². The molecule has 0 aliphatic carbocycles. The lowest BCUT2D eigenvalue weighted by Crippen LogP contribution is -2.01. The summed E-state index contributed by atoms with van der Waals surface area (Å²) in [4.78, 5) is 8.79. The highest BCUT2D eigenvalue weighted by atomic mass is 32.2. The molecule has 0 fully saturated rings. The minimum absolute atomic E-state index is 0.332. The summed E-state index contributed by atoms with van der Waals surface area (Å²) < 4.78 is 18.3. The minimum Gasteiger partial charge on any atom is -0.291 e. The largest absolute Gasteiger partial charge is 0.291 e. The molecule has 0 bridgehead atoms. The summed E-state index contributed by atoms with van der Waals surface area (Å²) in [5.74, 6) is 1.38. The average molecular weight is 416 g/mol. The number of imidazole rings is 1. The Morgan fingerprint density at radius 3 is 2.63 bits per heavy atom. The minimum atomic E-state index is -0.332. The number of rotatable bonds is 5. The van der Waals surface area contributed by atoms with Gasteiger partial charge in [-0.15, -0.1) is 10.2 Å². The van der Waals surface area contributed by atoms with Crippen LogP contribution in [0.25, 0.3) is 22.9 Å². The Morgan fingerprint density at radius 2 is 1.83 bits per heavy atom. The van der Waals surface area contributed by atoms with Crippen LogP contribution in [0.3, 0.4) is 0 Å². The van der Waals surface area contributed by atoms with E-state index in [0.717, 1.165) is 16.9 Å². The molecule has 0 atom stereocenters. The SMILES string of the molecule is Cc1ccc(-n2c(SCc3cn4cccnc4n3)nnc2-c2ccccc2F)cc1. The lowest BCUT2D eigenvalue weighted by atomic mass is 10.2. The van der Waals surface area contributed by atoms with Crippen LogP contribution in [-0.4, -0.2) is 29.1 Å². The maximum atomic E-state index is 14.5. The molecule has 0 unspecified atom stereocenters. The molecule has 3 heterocycles. The standard InChI is InChI=1S/C22H17FN6S/c1-15-7-9-17(10-8-15)29-20(18-5-2-3-6-19(18)23)26-27-22(29)30-14-16-13-28-12-4-11-24-21(28)25-16/h2-13H,14H2,1H3. The topological polar surface area (TPSA) is 60.9 Å². The molecular weight excluding hydrogens is 399 g/mol. The van der Waals surface area contributed by atoms with E-state index >= 15 is 0 Å². The maximum Gasteiger partial charge on any atom is 0.233 e. The molecule has 0 aliphatic rings. The van der Waals surface area contributed by atoms with Crippen molar-refractivity contribution in [2.45, 2.75) is 17.8 Å². The molecule has 0 radical (unpaired) electrons. The normalized spacial score (nSPS) is 11.3. The number of hydrogen-bond acceptors (Lipinski definition) is 5. The number of thioether (sulfide) groups is 1. The van der Waals surface area contributed by atoms with Crippen LogP contribution in [0, 0.1) is 12.7 Å². The van der Waals surface area contributed by atoms with Gasteiger partial charge in [0.1, 0.15) is 5.82 Å². The van der Waals surface area contributed by atoms with E-state index in [4.69, 9.17) is 0 Å². The number of aromatic nitrogens is 6. The second-order valence-electron chi connectivity index (χ2n) is 6.80. The van der Waals surface area contributed by atoms with Crippen LogP contribution in [0.1, 0.15) is 11.3 Å². The first kappa shape index (κ1) is 18.5. The Kier molecular flexibility index (Phi) is 4.76. The lowest BCUT2D eigenvalue weighted by Gasteiger charge is -2.11. The molecule has 3 aromatic heterocycles. The van der Waals surface area contributed by atoms with Gasteiger partial charge in [0.15, 0.2) is 11.0 Å². The smallest absolute Gasteiger partial charge is 0.233 e. The highest BCUT2D eigenvalue weighted by molar-refractivity contribution is 7.98. The number of nitrogens with zero attached hydrogens (tertiary/aromatic N) is 6. The Morgan fingerprint density at radius 1 is 1.00 bits per heavy atom. The molecule has 0 amide bonds. The summed E-state index contributed by atoms with van der Waals surface area (Å²) in [5, 5.41) is 9.34. The van der Waals surface area contributed by atoms with Crippen molar-refractivity contribution in [3.05, 3.63) is 90.3 Å². The number of aryl methyl sites for hydroxylation is 1. The molecule has 6 nitrogen and oxygen atoms in total. The van der Waals surface area contributed by atoms with Crippen LogP contribution < -0.4 is 0 Å². The van der Waals surface area contributed by atoms with Gasteiger partial charge in [0.25, 0.3) is 0 Å². The van der Waals surface area contributed by atoms with E-state index in [0.29, 0.717) is 28.1 Å². The van der Waals surface area contributed by atoms with Crippen molar-refractivity contribution < 1.29 is 4.39 Å². The zero-order valence-electron chi connectivity index (χ0n) is 16.1. The second kappa shape index (κ2) is 7.72. The first-order valence-electron chi connectivity index (χ1n) is 9.38. The van der Waals surface area contributed by atoms with E-state index in [-0.39, 0.29) is 5.82 Å². The van der Waals surface area contributed by atoms with Crippen molar-refractivity contribution in [2.75, 3.05) is 0 Å². The van der Waals surface area contributed by atoms with Gasteiger partial charge >= 0.3 is 0 Å². The van der Waals surface area contributed by atoms with Gasteiger partial charge in [-0.1, -0.05) is 41.6 Å². The molecule has 0 aliphatic heterocycles. The van der Waals surface area contributed by atoms with E-state index in [1.807, 2.05) is 58.6 Å². The summed E-state index contributed by atoms with van der Waals surface area (Å²) in [6.07, 6.45) is 5.57. The van der Waals surface area contributed by atoms with Gasteiger partial charge in [0, 0.05) is 30.0 Å². The first-order valence-corrected chi connectivity index (χ1v) is 10.4. The van der Waals surface area contributed by atoms with Gasteiger partial charge in [-0.2, -0.15) is 0 Å². The fraction of sp³-hybridized carbons (Fsp3) is 0.0909. The van der Waals surface area contributed by atoms with Crippen LogP contribution in [0.2, 0.25) is 0 Å². The van der Waals surface area contributed by atoms with Crippen molar-refractivity contribution in [1.29, 1.82) is 0 Å². The fourth-order valence-corrected chi connectivity index (χ4v) is 4.03. The summed E-state index contributed by atoms with van der Waals surface area (Å²) in [7, 11) is 0. The summed E-state index contributed by atoms with van der Waals surface area (Å²) in [6.45, 7) is 2.03. The Bertz CT molecular complexity index is 1290. The van der Waals surface area contributed by atoms with Crippen LogP contribution >= 0.6 is 11.8 Å². The summed E-state index contributed by atoms with van der Waals surface area (Å²) >= 11 is 1.50. The van der Waals surface area contributed by atoms with Crippen molar-refractivity contribution in [1.82, 2.24) is 29.1 Å². The highest BCUT2D eigenvalue weighted by Crippen LogP contribution is 2.30. The molecule has 30 heavy (non-hydrogen) atoms. The Hall–Kier alpha value is -3.52. The Balaban J connectivity index is 1.54. The van der Waals surface area contributed by atoms with E-state index in [2.05, 4.69) is 20.2 Å². The van der Waals surface area contributed by atoms with Crippen molar-refractivity contribution in [2.24, 2.45) is 0 Å². The fourth-order valence-electron chi connectivity index (χ4n) is 3.19. The first-order chi connectivity index (χ1) is 14.7. The van der Waals surface area contributed by atoms with E-state index in [1.165, 1.54) is 17.8 Å². The van der Waals surface area contributed by atoms with Crippen LogP contribution in [-0.2, 0) is 5.75 Å². The number of hydrogen-bond donors (Lipinski definition) is 0. The van der Waals surface area contributed by atoms with E-state index < -0.39 is 0 Å². The molecule has 5 aromatic rings.